The van der Waals surface area contributed by atoms with Gasteiger partial charge < -0.3 is 130 Å². The molecule has 0 aromatic carbocycles. The van der Waals surface area contributed by atoms with Crippen LogP contribution in [0.25, 0.3) is 0 Å². The van der Waals surface area contributed by atoms with Gasteiger partial charge in [0.1, 0.15) is 66.7 Å². The Bertz CT molecular complexity index is 3180. The number of morpholine rings is 10. The molecule has 10 unspecified atom stereocenters. The minimum atomic E-state index is -1.35. The van der Waals surface area contributed by atoms with Crippen LogP contribution in [-0.2, 0) is 157 Å². The van der Waals surface area contributed by atoms with Gasteiger partial charge in [0.05, 0.1) is 218 Å². The van der Waals surface area contributed by atoms with Crippen molar-refractivity contribution in [1.82, 2.24) is 55.1 Å². The van der Waals surface area contributed by atoms with Crippen molar-refractivity contribution in [2.45, 2.75) is 186 Å². The summed E-state index contributed by atoms with van der Waals surface area (Å²) in [5, 5.41) is 17.4. The van der Waals surface area contributed by atoms with Crippen LogP contribution < -0.4 is 27.4 Å². The number of nitrogens with two attached hydrogens (primary N) is 2. The Hall–Kier alpha value is -5.06. The van der Waals surface area contributed by atoms with Crippen LogP contribution in [0.15, 0.2) is 0 Å². The van der Waals surface area contributed by atoms with E-state index in [4.69, 9.17) is 87.6 Å². The molecule has 0 aromatic heterocycles. The number of likely N-dealkylation sites (N-methyl/N-ethyl adjacent to an activating group) is 3. The number of rotatable bonds is 26. The van der Waals surface area contributed by atoms with Crippen LogP contribution in [0.3, 0.4) is 0 Å². The van der Waals surface area contributed by atoms with Gasteiger partial charge >= 0.3 is 53.7 Å². The number of esters is 8. The van der Waals surface area contributed by atoms with Crippen LogP contribution in [-0.4, -0.2) is 527 Å². The number of methoxy groups -OCH3 is 4. The summed E-state index contributed by atoms with van der Waals surface area (Å²) in [7, 11) is 5.91. The molecule has 0 aromatic rings. The number of carbonyl (C=O) groups is 11. The molecule has 11 rings (SSSR count). The first-order valence-corrected chi connectivity index (χ1v) is 62.2. The Kier molecular flexibility index (Phi) is 77.8. The minimum absolute atomic E-state index is 0. The van der Waals surface area contributed by atoms with Crippen molar-refractivity contribution in [1.29, 1.82) is 0 Å². The summed E-state index contributed by atoms with van der Waals surface area (Å²) in [4.78, 5) is 139. The molecule has 11 saturated heterocycles. The van der Waals surface area contributed by atoms with E-state index in [0.717, 1.165) is 124 Å². The Balaban J connectivity index is -0.00000146. The number of ether oxygens (including phenoxy) is 18. The molecular weight excluding hydrogens is 1910 g/mol. The third-order valence-electron chi connectivity index (χ3n) is 21.1. The summed E-state index contributed by atoms with van der Waals surface area (Å²) < 4.78 is 91.8. The molecule has 11 fully saturated rings. The average Bonchev–Trinajstić information content (AvgIpc) is 0.837. The van der Waals surface area contributed by atoms with Crippen molar-refractivity contribution in [3.63, 3.8) is 0 Å². The molecule has 48 heteroatoms. The largest absolute Gasteiger partial charge is 0.480 e. The fraction of sp³-hybridized carbons (Fsp3) is 0.867. The number of carboxylic acid groups (broad SMARTS) is 1. The molecular formula is C90H182N13O30Si4V-. The quantitative estimate of drug-likeness (QED) is 0.0224. The van der Waals surface area contributed by atoms with Crippen molar-refractivity contribution in [2.24, 2.45) is 11.5 Å². The summed E-state index contributed by atoms with van der Waals surface area (Å²) in [5.41, 5.74) is 11.0. The molecule has 10 atom stereocenters. The molecule has 11 aliphatic rings. The Morgan fingerprint density at radius 1 is 0.377 bits per heavy atom. The summed E-state index contributed by atoms with van der Waals surface area (Å²) in [5.74, 6) is -2.17. The molecule has 0 bridgehead atoms. The summed E-state index contributed by atoms with van der Waals surface area (Å²) in [6.45, 7) is 57.5. The first kappa shape index (κ1) is 137. The van der Waals surface area contributed by atoms with Crippen molar-refractivity contribution >= 4 is 98.2 Å². The van der Waals surface area contributed by atoms with Gasteiger partial charge in [0, 0.05) is 130 Å². The maximum Gasteiger partial charge on any atom is 0.325 e. The van der Waals surface area contributed by atoms with Gasteiger partial charge in [0.2, 0.25) is 5.91 Å². The van der Waals surface area contributed by atoms with Crippen molar-refractivity contribution in [3.8, 4) is 0 Å². The topological polar surface area (TPSA) is 488 Å². The molecule has 0 saturated carbocycles. The number of carbonyl (C=O) groups excluding carboxylic acids is 10. The number of hydrogen-bond donors (Lipinski definition) is 6. The van der Waals surface area contributed by atoms with Crippen LogP contribution in [0.1, 0.15) is 47.5 Å². The molecule has 0 spiro atoms. The number of carboxylic acids is 1. The maximum absolute atomic E-state index is 12.0. The standard InChI is InChI=1S/C12H25NO3Si.C11H24N2O3Si.C10H21NO3Si.C9H19NO3Si.C9H17NO3.C8H16N2O3.C7H12N2O2.C7H13NO3.2C6H11NO3.C3H6O.CH4.CH3.V/c1-5-6-13-7-8-15-9-11(13)12(14)16-10-17(2,3)4;1-17(2,3)9-16-11(14)10-8-15-7-6-13(10)5-4-12;1-11-5-6-13-7-9(11)10(12)14-8-15(2,3)4;1-14(2,3)7-13-9(11)8-6-12-5-4-10-8;1-3-4-10-5-6-13-7-8(10)9(11)12-2;1-12-8(11)7-6-13-5-4-10(7)3-2-9;10-7-6-5-11-4-3-9(6)2-1-8-7;1-8-3-4-11-5-6(8)7(9)10-2;1-9-6(8)5-4-10-3-2-7-5;1-7-2-3-10-4-5(7)6(8)9;1-2-3-4;;;/h11H,5-10H2,1-4H3;10H,4-9,12H2,1-3H3;9H,5-8H2,1-4H3;8,10H,4-7H2,1-3H3;8H,3-7H2,1-2H3;7H,2-6,9H2,1H3;6H,1-5H2,(H,8,10);6H,3-5H2,1-2H3;5,7H,2-4H2,1H3;5H,2-4H2,1H3,(H,8,9);3H,2H2,1H3;1H4;1H3;/q;;;;;;;;;;;;-1;. The van der Waals surface area contributed by atoms with Gasteiger partial charge in [-0.15, -0.1) is 0 Å². The van der Waals surface area contributed by atoms with Gasteiger partial charge in [0.15, 0.2) is 0 Å². The zero-order valence-electron chi connectivity index (χ0n) is 87.1. The maximum atomic E-state index is 12.0. The Labute approximate surface area is 840 Å². The number of piperazine rings is 1. The summed E-state index contributed by atoms with van der Waals surface area (Å²) in [6.07, 6.45) is 5.96. The fourth-order valence-electron chi connectivity index (χ4n) is 13.3. The van der Waals surface area contributed by atoms with Crippen molar-refractivity contribution < 1.29 is 162 Å². The van der Waals surface area contributed by atoms with E-state index in [1.165, 1.54) is 28.4 Å². The van der Waals surface area contributed by atoms with E-state index >= 15 is 0 Å². The van der Waals surface area contributed by atoms with Crippen LogP contribution in [0, 0.1) is 7.43 Å². The monoisotopic (exact) mass is 2090 g/mol. The number of fused-ring (bicyclic) bond motifs is 1. The SMILES string of the molecule is C.CCC=O.CCCN1CCOCC1C(=O)OC.CCCN1CCOCC1C(=O)OC[Si](C)(C)C.CN1CCOCC1C(=O)O.CN1CCOCC1C(=O)OC[Si](C)(C)C.COC(=O)C1COCCN1.COC(=O)C1COCCN1C.COC(=O)C1COCCN1CCN.C[Si](C)(C)COC(=O)C1COCCN1.C[Si](C)(C)COC(=O)C1COCCN1CCN.O=C1NCCN2CCOCC12.[CH3-].[V]. The molecule has 809 valence electrons. The van der Waals surface area contributed by atoms with Gasteiger partial charge in [-0.3, -0.25) is 87.1 Å². The number of aliphatic carboxylic acids is 1. The zero-order chi connectivity index (χ0) is 102. The van der Waals surface area contributed by atoms with Crippen molar-refractivity contribution in [3.05, 3.63) is 7.43 Å². The van der Waals surface area contributed by atoms with E-state index in [-0.39, 0.29) is 141 Å². The smallest absolute Gasteiger partial charge is 0.325 e. The first-order valence-electron chi connectivity index (χ1n) is 47.3. The molecule has 1 radical (unpaired) electrons. The number of nitrogens with zero attached hydrogens (tertiary/aromatic N) is 8. The predicted octanol–water partition coefficient (Wildman–Crippen LogP) is 0.342. The first-order chi connectivity index (χ1) is 63.9. The average molecular weight is 2090 g/mol. The van der Waals surface area contributed by atoms with Gasteiger partial charge in [-0.2, -0.15) is 0 Å². The molecule has 43 nitrogen and oxygen atoms in total. The van der Waals surface area contributed by atoms with E-state index in [9.17, 15) is 52.7 Å². The van der Waals surface area contributed by atoms with Gasteiger partial charge in [-0.05, 0) is 47.1 Å². The van der Waals surface area contributed by atoms with Gasteiger partial charge in [0.25, 0.3) is 0 Å². The zero-order valence-corrected chi connectivity index (χ0v) is 92.5. The predicted molar refractivity (Wildman–Crippen MR) is 532 cm³/mol. The third-order valence-corrected chi connectivity index (χ3v) is 25.2. The molecule has 11 heterocycles. The minimum Gasteiger partial charge on any atom is -0.480 e. The second kappa shape index (κ2) is 78.3. The van der Waals surface area contributed by atoms with E-state index in [2.05, 4.69) is 142 Å². The summed E-state index contributed by atoms with van der Waals surface area (Å²) >= 11 is 0. The van der Waals surface area contributed by atoms with E-state index in [1.54, 1.807) is 11.9 Å². The van der Waals surface area contributed by atoms with Crippen LogP contribution >= 0.6 is 0 Å². The molecule has 8 N–H and O–H groups in total. The Morgan fingerprint density at radius 2 is 0.645 bits per heavy atom. The number of nitrogens with one attached hydrogen (secondary N) is 3. The Morgan fingerprint density at radius 3 is 0.928 bits per heavy atom. The van der Waals surface area contributed by atoms with Crippen molar-refractivity contribution in [2.75, 3.05) is 324 Å². The van der Waals surface area contributed by atoms with Crippen LogP contribution in [0.2, 0.25) is 78.6 Å². The van der Waals surface area contributed by atoms with Crippen LogP contribution in [0.5, 0.6) is 0 Å². The molecule has 1 amide bonds. The van der Waals surface area contributed by atoms with E-state index in [1.807, 2.05) is 35.7 Å². The van der Waals surface area contributed by atoms with Crippen LogP contribution in [0.4, 0.5) is 0 Å². The molecule has 0 aliphatic carbocycles. The number of aldehydes is 1. The second-order valence-electron chi connectivity index (χ2n) is 38.1. The normalized spacial score (nSPS) is 23.9. The molecule has 11 aliphatic heterocycles. The van der Waals surface area contributed by atoms with Gasteiger partial charge in [-0.25, -0.2) is 0 Å². The van der Waals surface area contributed by atoms with E-state index < -0.39 is 44.3 Å². The number of hydrogen-bond acceptors (Lipinski definition) is 41. The summed E-state index contributed by atoms with van der Waals surface area (Å²) in [6, 6.07) is -2.36. The van der Waals surface area contributed by atoms with Gasteiger partial charge in [-0.1, -0.05) is 107 Å². The number of amides is 1. The second-order valence-corrected chi connectivity index (χ2v) is 59.7. The fourth-order valence-corrected chi connectivity index (χ4v) is 15.6. The third kappa shape index (κ3) is 61.3. The van der Waals surface area contributed by atoms with E-state index in [0.29, 0.717) is 176 Å². The molecule has 138 heavy (non-hydrogen) atoms.